The second kappa shape index (κ2) is 7.66. The molecule has 0 aromatic heterocycles. The number of methoxy groups -OCH3 is 3. The van der Waals surface area contributed by atoms with Crippen molar-refractivity contribution in [3.8, 4) is 17.2 Å². The number of hydrogen-bond donors (Lipinski definition) is 2. The molecule has 0 spiro atoms. The van der Waals surface area contributed by atoms with Gasteiger partial charge in [0.2, 0.25) is 5.75 Å². The molecule has 1 aromatic carbocycles. The molecule has 0 saturated carbocycles. The zero-order valence-electron chi connectivity index (χ0n) is 11.7. The Balaban J connectivity index is 3.16. The summed E-state index contributed by atoms with van der Waals surface area (Å²) in [5.74, 6) is 1.82. The Labute approximate surface area is 114 Å². The number of nitrogens with two attached hydrogens (primary N) is 1. The second-order valence-electron chi connectivity index (χ2n) is 3.94. The monoisotopic (exact) mass is 266 g/mol. The van der Waals surface area contributed by atoms with Crippen LogP contribution in [0.15, 0.2) is 24.8 Å². The summed E-state index contributed by atoms with van der Waals surface area (Å²) in [4.78, 5) is 0. The molecular weight excluding hydrogens is 244 g/mol. The zero-order valence-corrected chi connectivity index (χ0v) is 11.7. The van der Waals surface area contributed by atoms with Crippen molar-refractivity contribution in [3.05, 3.63) is 30.4 Å². The summed E-state index contributed by atoms with van der Waals surface area (Å²) in [5, 5.41) is 3.28. The molecule has 1 atom stereocenters. The molecule has 1 aromatic rings. The van der Waals surface area contributed by atoms with Gasteiger partial charge < -0.3 is 25.3 Å². The first kappa shape index (κ1) is 15.3. The number of nitrogens with one attached hydrogen (secondary N) is 1. The van der Waals surface area contributed by atoms with Gasteiger partial charge in [0.25, 0.3) is 0 Å². The average Bonchev–Trinajstić information content (AvgIpc) is 2.46. The van der Waals surface area contributed by atoms with E-state index in [-0.39, 0.29) is 6.04 Å². The lowest BCUT2D eigenvalue weighted by molar-refractivity contribution is 0.323. The molecule has 0 bridgehead atoms. The van der Waals surface area contributed by atoms with Crippen molar-refractivity contribution >= 4 is 0 Å². The van der Waals surface area contributed by atoms with E-state index in [9.17, 15) is 0 Å². The van der Waals surface area contributed by atoms with Crippen molar-refractivity contribution in [3.63, 3.8) is 0 Å². The summed E-state index contributed by atoms with van der Waals surface area (Å²) < 4.78 is 15.9. The first-order valence-electron chi connectivity index (χ1n) is 6.06. The Morgan fingerprint density at radius 3 is 2.16 bits per heavy atom. The van der Waals surface area contributed by atoms with Crippen molar-refractivity contribution in [2.75, 3.05) is 34.4 Å². The molecule has 5 heteroatoms. The van der Waals surface area contributed by atoms with Crippen molar-refractivity contribution in [1.82, 2.24) is 5.32 Å². The van der Waals surface area contributed by atoms with Crippen LogP contribution in [-0.4, -0.2) is 34.4 Å². The fourth-order valence-electron chi connectivity index (χ4n) is 1.87. The Kier molecular flexibility index (Phi) is 6.18. The lowest BCUT2D eigenvalue weighted by Crippen LogP contribution is -2.28. The van der Waals surface area contributed by atoms with Crippen LogP contribution in [0.4, 0.5) is 0 Å². The molecule has 0 aliphatic carbocycles. The molecule has 19 heavy (non-hydrogen) atoms. The molecule has 1 unspecified atom stereocenters. The van der Waals surface area contributed by atoms with Gasteiger partial charge in [0.05, 0.1) is 21.3 Å². The van der Waals surface area contributed by atoms with Crippen molar-refractivity contribution in [1.29, 1.82) is 0 Å². The van der Waals surface area contributed by atoms with E-state index in [1.165, 1.54) is 0 Å². The summed E-state index contributed by atoms with van der Waals surface area (Å²) in [6.07, 6.45) is 1.79. The Morgan fingerprint density at radius 2 is 1.79 bits per heavy atom. The maximum Gasteiger partial charge on any atom is 0.203 e. The third-order valence-electron chi connectivity index (χ3n) is 2.83. The molecule has 0 aliphatic heterocycles. The van der Waals surface area contributed by atoms with E-state index in [1.807, 2.05) is 12.1 Å². The van der Waals surface area contributed by atoms with Gasteiger partial charge in [0.15, 0.2) is 11.5 Å². The van der Waals surface area contributed by atoms with Crippen molar-refractivity contribution < 1.29 is 14.2 Å². The number of hydrogen-bond acceptors (Lipinski definition) is 5. The number of benzene rings is 1. The summed E-state index contributed by atoms with van der Waals surface area (Å²) in [5.41, 5.74) is 6.77. The Bertz CT molecular complexity index is 396. The highest BCUT2D eigenvalue weighted by molar-refractivity contribution is 5.54. The lowest BCUT2D eigenvalue weighted by Gasteiger charge is -2.20. The molecule has 0 radical (unpaired) electrons. The van der Waals surface area contributed by atoms with E-state index in [0.29, 0.717) is 30.3 Å². The minimum absolute atomic E-state index is 0.00621. The molecule has 0 fully saturated rings. The van der Waals surface area contributed by atoms with Crippen LogP contribution in [0.1, 0.15) is 11.6 Å². The Morgan fingerprint density at radius 1 is 1.21 bits per heavy atom. The van der Waals surface area contributed by atoms with Gasteiger partial charge in [-0.1, -0.05) is 6.08 Å². The molecule has 0 amide bonds. The largest absolute Gasteiger partial charge is 0.493 e. The fraction of sp³-hybridized carbons (Fsp3) is 0.429. The van der Waals surface area contributed by atoms with E-state index < -0.39 is 0 Å². The smallest absolute Gasteiger partial charge is 0.203 e. The summed E-state index contributed by atoms with van der Waals surface area (Å²) in [6.45, 7) is 4.83. The minimum atomic E-state index is 0.00621. The van der Waals surface area contributed by atoms with Crippen LogP contribution in [0, 0.1) is 0 Å². The third kappa shape index (κ3) is 3.62. The van der Waals surface area contributed by atoms with Crippen LogP contribution in [0.3, 0.4) is 0 Å². The maximum atomic E-state index is 5.79. The Hall–Kier alpha value is -1.72. The van der Waals surface area contributed by atoms with Crippen molar-refractivity contribution in [2.45, 2.75) is 6.04 Å². The van der Waals surface area contributed by atoms with Gasteiger partial charge in [-0.25, -0.2) is 0 Å². The SMILES string of the molecule is C=CCNC(CN)c1cc(OC)c(OC)c(OC)c1. The molecule has 1 rings (SSSR count). The van der Waals surface area contributed by atoms with Crippen LogP contribution < -0.4 is 25.3 Å². The van der Waals surface area contributed by atoms with Gasteiger partial charge in [-0.3, -0.25) is 0 Å². The van der Waals surface area contributed by atoms with Gasteiger partial charge in [-0.05, 0) is 17.7 Å². The molecule has 0 heterocycles. The van der Waals surface area contributed by atoms with E-state index in [1.54, 1.807) is 27.4 Å². The number of ether oxygens (including phenoxy) is 3. The highest BCUT2D eigenvalue weighted by atomic mass is 16.5. The predicted octanol–water partition coefficient (Wildman–Crippen LogP) is 1.49. The van der Waals surface area contributed by atoms with E-state index in [2.05, 4.69) is 11.9 Å². The highest BCUT2D eigenvalue weighted by Gasteiger charge is 2.17. The summed E-state index contributed by atoms with van der Waals surface area (Å²) in [7, 11) is 4.77. The van der Waals surface area contributed by atoms with Crippen LogP contribution in [0.25, 0.3) is 0 Å². The quantitative estimate of drug-likeness (QED) is 0.698. The van der Waals surface area contributed by atoms with Gasteiger partial charge in [0, 0.05) is 19.1 Å². The summed E-state index contributed by atoms with van der Waals surface area (Å²) >= 11 is 0. The van der Waals surface area contributed by atoms with E-state index in [0.717, 1.165) is 5.56 Å². The van der Waals surface area contributed by atoms with Gasteiger partial charge >= 0.3 is 0 Å². The molecule has 5 nitrogen and oxygen atoms in total. The molecule has 3 N–H and O–H groups in total. The fourth-order valence-corrected chi connectivity index (χ4v) is 1.87. The van der Waals surface area contributed by atoms with Crippen molar-refractivity contribution in [2.24, 2.45) is 5.73 Å². The van der Waals surface area contributed by atoms with Gasteiger partial charge in [-0.2, -0.15) is 0 Å². The molecule has 106 valence electrons. The molecular formula is C14H22N2O3. The van der Waals surface area contributed by atoms with Crippen LogP contribution >= 0.6 is 0 Å². The zero-order chi connectivity index (χ0) is 14.3. The first-order chi connectivity index (χ1) is 9.21. The van der Waals surface area contributed by atoms with Crippen LogP contribution in [-0.2, 0) is 0 Å². The maximum absolute atomic E-state index is 5.79. The third-order valence-corrected chi connectivity index (χ3v) is 2.83. The highest BCUT2D eigenvalue weighted by Crippen LogP contribution is 2.39. The van der Waals surface area contributed by atoms with Gasteiger partial charge in [0.1, 0.15) is 0 Å². The topological polar surface area (TPSA) is 65.7 Å². The number of rotatable bonds is 8. The predicted molar refractivity (Wildman–Crippen MR) is 76.1 cm³/mol. The molecule has 0 saturated heterocycles. The minimum Gasteiger partial charge on any atom is -0.493 e. The second-order valence-corrected chi connectivity index (χ2v) is 3.94. The van der Waals surface area contributed by atoms with Crippen LogP contribution in [0.2, 0.25) is 0 Å². The standard InChI is InChI=1S/C14H22N2O3/c1-5-6-16-11(9-15)10-7-12(17-2)14(19-4)13(8-10)18-3/h5,7-8,11,16H,1,6,9,15H2,2-4H3. The van der Waals surface area contributed by atoms with E-state index >= 15 is 0 Å². The van der Waals surface area contributed by atoms with E-state index in [4.69, 9.17) is 19.9 Å². The average molecular weight is 266 g/mol. The lowest BCUT2D eigenvalue weighted by atomic mass is 10.1. The first-order valence-corrected chi connectivity index (χ1v) is 6.06. The van der Waals surface area contributed by atoms with Gasteiger partial charge in [-0.15, -0.1) is 6.58 Å². The summed E-state index contributed by atoms with van der Waals surface area (Å²) in [6, 6.07) is 3.80. The normalized spacial score (nSPS) is 11.8. The molecule has 0 aliphatic rings. The van der Waals surface area contributed by atoms with Crippen LogP contribution in [0.5, 0.6) is 17.2 Å².